The van der Waals surface area contributed by atoms with Crippen LogP contribution in [0.3, 0.4) is 0 Å². The fourth-order valence-corrected chi connectivity index (χ4v) is 2.86. The van der Waals surface area contributed by atoms with Crippen LogP contribution in [-0.4, -0.2) is 18.9 Å². The summed E-state index contributed by atoms with van der Waals surface area (Å²) < 4.78 is 28.1. The van der Waals surface area contributed by atoms with E-state index in [-0.39, 0.29) is 10.6 Å². The number of nitrogens with zero attached hydrogens (tertiary/aromatic N) is 1. The zero-order valence-electron chi connectivity index (χ0n) is 10.7. The summed E-state index contributed by atoms with van der Waals surface area (Å²) in [5.41, 5.74) is 11.6. The number of primary amides is 1. The first-order chi connectivity index (χ1) is 9.29. The molecule has 0 atom stereocenters. The van der Waals surface area contributed by atoms with Gasteiger partial charge in [-0.25, -0.2) is 8.42 Å². The van der Waals surface area contributed by atoms with E-state index in [2.05, 4.69) is 4.72 Å². The number of aryl methyl sites for hydroxylation is 1. The number of rotatable bonds is 4. The second-order valence-electron chi connectivity index (χ2n) is 4.27. The number of benzene rings is 1. The van der Waals surface area contributed by atoms with Crippen molar-refractivity contribution in [2.24, 2.45) is 12.8 Å². The van der Waals surface area contributed by atoms with Crippen LogP contribution in [0.15, 0.2) is 41.4 Å². The minimum Gasteiger partial charge on any atom is -0.399 e. The van der Waals surface area contributed by atoms with Crippen LogP contribution in [0.1, 0.15) is 10.5 Å². The lowest BCUT2D eigenvalue weighted by Gasteiger charge is -2.06. The lowest BCUT2D eigenvalue weighted by Crippen LogP contribution is -2.14. The average molecular weight is 294 g/mol. The van der Waals surface area contributed by atoms with E-state index in [0.29, 0.717) is 11.4 Å². The molecule has 0 aliphatic carbocycles. The highest BCUT2D eigenvalue weighted by Gasteiger charge is 2.19. The molecule has 0 aliphatic rings. The maximum Gasteiger partial charge on any atom is 0.265 e. The summed E-state index contributed by atoms with van der Waals surface area (Å²) in [5.74, 6) is -0.696. The third-order valence-electron chi connectivity index (χ3n) is 2.68. The van der Waals surface area contributed by atoms with Crippen molar-refractivity contribution in [1.82, 2.24) is 4.57 Å². The van der Waals surface area contributed by atoms with Crippen molar-refractivity contribution in [3.05, 3.63) is 42.2 Å². The standard InChI is InChI=1S/C12H14N4O3S/c1-16-7-10(6-11(16)12(14)17)20(18,19)15-9-4-2-3-8(13)5-9/h2-7,15H,13H2,1H3,(H2,14,17). The second kappa shape index (κ2) is 4.89. The molecule has 1 heterocycles. The Kier molecular flexibility index (Phi) is 3.41. The van der Waals surface area contributed by atoms with Crippen molar-refractivity contribution < 1.29 is 13.2 Å². The molecule has 0 fully saturated rings. The summed E-state index contributed by atoms with van der Waals surface area (Å²) in [7, 11) is -2.26. The summed E-state index contributed by atoms with van der Waals surface area (Å²) in [6, 6.07) is 7.57. The number of hydrogen-bond donors (Lipinski definition) is 3. The molecule has 1 aromatic carbocycles. The van der Waals surface area contributed by atoms with Gasteiger partial charge in [0.2, 0.25) is 0 Å². The van der Waals surface area contributed by atoms with Gasteiger partial charge in [0.05, 0.1) is 5.69 Å². The van der Waals surface area contributed by atoms with E-state index in [1.165, 1.54) is 22.9 Å². The summed E-state index contributed by atoms with van der Waals surface area (Å²) in [6.45, 7) is 0. The van der Waals surface area contributed by atoms with E-state index >= 15 is 0 Å². The first-order valence-corrected chi connectivity index (χ1v) is 7.12. The Hall–Kier alpha value is -2.48. The van der Waals surface area contributed by atoms with Gasteiger partial charge in [-0.3, -0.25) is 9.52 Å². The molecule has 0 radical (unpaired) electrons. The van der Waals surface area contributed by atoms with Gasteiger partial charge in [0.15, 0.2) is 0 Å². The van der Waals surface area contributed by atoms with Gasteiger partial charge >= 0.3 is 0 Å². The van der Waals surface area contributed by atoms with Crippen LogP contribution in [0.25, 0.3) is 0 Å². The minimum atomic E-state index is -3.80. The molecule has 2 rings (SSSR count). The van der Waals surface area contributed by atoms with Gasteiger partial charge in [0.1, 0.15) is 10.6 Å². The van der Waals surface area contributed by atoms with E-state index in [0.717, 1.165) is 0 Å². The van der Waals surface area contributed by atoms with Crippen molar-refractivity contribution in [1.29, 1.82) is 0 Å². The predicted molar refractivity (Wildman–Crippen MR) is 75.6 cm³/mol. The van der Waals surface area contributed by atoms with Crippen molar-refractivity contribution >= 4 is 27.3 Å². The fraction of sp³-hybridized carbons (Fsp3) is 0.0833. The summed E-state index contributed by atoms with van der Waals surface area (Å²) in [6.07, 6.45) is 1.31. The number of aromatic nitrogens is 1. The average Bonchev–Trinajstić information content (AvgIpc) is 2.71. The van der Waals surface area contributed by atoms with Crippen LogP contribution in [0.4, 0.5) is 11.4 Å². The third-order valence-corrected chi connectivity index (χ3v) is 4.03. The fourth-order valence-electron chi connectivity index (χ4n) is 1.74. The van der Waals surface area contributed by atoms with E-state index in [1.807, 2.05) is 0 Å². The summed E-state index contributed by atoms with van der Waals surface area (Å²) in [5, 5.41) is 0. The first kappa shape index (κ1) is 13.9. The van der Waals surface area contributed by atoms with Gasteiger partial charge in [-0.2, -0.15) is 0 Å². The molecule has 0 spiro atoms. The zero-order valence-corrected chi connectivity index (χ0v) is 11.5. The molecule has 0 saturated heterocycles. The van der Waals surface area contributed by atoms with Crippen LogP contribution in [0, 0.1) is 0 Å². The molecule has 8 heteroatoms. The van der Waals surface area contributed by atoms with Gasteiger partial charge < -0.3 is 16.0 Å². The number of sulfonamides is 1. The lowest BCUT2D eigenvalue weighted by atomic mass is 10.3. The normalized spacial score (nSPS) is 11.2. The highest BCUT2D eigenvalue weighted by atomic mass is 32.2. The molecule has 1 aromatic heterocycles. The molecule has 5 N–H and O–H groups in total. The highest BCUT2D eigenvalue weighted by Crippen LogP contribution is 2.19. The van der Waals surface area contributed by atoms with Gasteiger partial charge in [-0.05, 0) is 24.3 Å². The maximum atomic E-state index is 12.2. The lowest BCUT2D eigenvalue weighted by molar-refractivity contribution is 0.0992. The van der Waals surface area contributed by atoms with Crippen LogP contribution >= 0.6 is 0 Å². The predicted octanol–water partition coefficient (Wildman–Crippen LogP) is 0.507. The molecule has 106 valence electrons. The molecule has 0 aliphatic heterocycles. The Balaban J connectivity index is 2.36. The molecule has 7 nitrogen and oxygen atoms in total. The molecule has 0 unspecified atom stereocenters. The van der Waals surface area contributed by atoms with Gasteiger partial charge in [0.25, 0.3) is 15.9 Å². The van der Waals surface area contributed by atoms with Crippen molar-refractivity contribution in [2.75, 3.05) is 10.5 Å². The quantitative estimate of drug-likeness (QED) is 0.711. The number of nitrogen functional groups attached to an aromatic ring is 1. The number of amides is 1. The van der Waals surface area contributed by atoms with E-state index < -0.39 is 15.9 Å². The van der Waals surface area contributed by atoms with E-state index in [4.69, 9.17) is 11.5 Å². The Morgan fingerprint density at radius 3 is 2.55 bits per heavy atom. The summed E-state index contributed by atoms with van der Waals surface area (Å²) >= 11 is 0. The number of hydrogen-bond acceptors (Lipinski definition) is 4. The van der Waals surface area contributed by atoms with Gasteiger partial charge in [-0.15, -0.1) is 0 Å². The van der Waals surface area contributed by atoms with Crippen molar-refractivity contribution in [3.8, 4) is 0 Å². The third kappa shape index (κ3) is 2.75. The Labute approximate surface area is 116 Å². The summed E-state index contributed by atoms with van der Waals surface area (Å²) in [4.78, 5) is 11.1. The molecular formula is C12H14N4O3S. The molecule has 0 bridgehead atoms. The van der Waals surface area contributed by atoms with Crippen LogP contribution in [0.5, 0.6) is 0 Å². The zero-order chi connectivity index (χ0) is 14.9. The topological polar surface area (TPSA) is 120 Å². The molecular weight excluding hydrogens is 280 g/mol. The molecule has 0 saturated carbocycles. The highest BCUT2D eigenvalue weighted by molar-refractivity contribution is 7.92. The smallest absolute Gasteiger partial charge is 0.265 e. The van der Waals surface area contributed by atoms with Crippen LogP contribution < -0.4 is 16.2 Å². The Morgan fingerprint density at radius 1 is 1.30 bits per heavy atom. The maximum absolute atomic E-state index is 12.2. The van der Waals surface area contributed by atoms with Crippen molar-refractivity contribution in [2.45, 2.75) is 4.90 Å². The number of nitrogens with two attached hydrogens (primary N) is 2. The Bertz CT molecular complexity index is 765. The first-order valence-electron chi connectivity index (χ1n) is 5.64. The second-order valence-corrected chi connectivity index (χ2v) is 5.95. The minimum absolute atomic E-state index is 0.0452. The van der Waals surface area contributed by atoms with Gasteiger partial charge in [-0.1, -0.05) is 6.07 Å². The van der Waals surface area contributed by atoms with Gasteiger partial charge in [0, 0.05) is 18.9 Å². The number of carbonyl (C=O) groups excluding carboxylic acids is 1. The molecule has 2 aromatic rings. The monoisotopic (exact) mass is 294 g/mol. The number of carbonyl (C=O) groups is 1. The van der Waals surface area contributed by atoms with E-state index in [9.17, 15) is 13.2 Å². The number of anilines is 2. The van der Waals surface area contributed by atoms with E-state index in [1.54, 1.807) is 25.2 Å². The molecule has 20 heavy (non-hydrogen) atoms. The van der Waals surface area contributed by atoms with Crippen molar-refractivity contribution in [3.63, 3.8) is 0 Å². The van der Waals surface area contributed by atoms with Crippen LogP contribution in [-0.2, 0) is 17.1 Å². The van der Waals surface area contributed by atoms with Crippen LogP contribution in [0.2, 0.25) is 0 Å². The largest absolute Gasteiger partial charge is 0.399 e. The number of nitrogens with one attached hydrogen (secondary N) is 1. The Morgan fingerprint density at radius 2 is 2.00 bits per heavy atom. The SMILES string of the molecule is Cn1cc(S(=O)(=O)Nc2cccc(N)c2)cc1C(N)=O. The molecule has 1 amide bonds.